The van der Waals surface area contributed by atoms with E-state index in [9.17, 15) is 5.11 Å². The minimum absolute atomic E-state index is 0.0590. The lowest BCUT2D eigenvalue weighted by Crippen LogP contribution is -2.47. The summed E-state index contributed by atoms with van der Waals surface area (Å²) in [4.78, 5) is 0. The van der Waals surface area contributed by atoms with Gasteiger partial charge in [-0.3, -0.25) is 0 Å². The Morgan fingerprint density at radius 3 is 2.86 bits per heavy atom. The molecule has 21 heavy (non-hydrogen) atoms. The average molecular weight is 311 g/mol. The van der Waals surface area contributed by atoms with Crippen LogP contribution in [0.1, 0.15) is 31.2 Å². The standard InChI is InChI=1S/C17H23ClO3/c18-15-3-1-2-13(10-15)11-16(19)14-4-7-21-17(12-14)5-8-20-9-6-17/h1-3,10,14,16,19H,4-9,11-12H2. The van der Waals surface area contributed by atoms with Gasteiger partial charge in [-0.25, -0.2) is 0 Å². The minimum atomic E-state index is -0.327. The lowest BCUT2D eigenvalue weighted by molar-refractivity contribution is -0.158. The zero-order valence-electron chi connectivity index (χ0n) is 12.3. The number of ether oxygens (including phenoxy) is 2. The smallest absolute Gasteiger partial charge is 0.0730 e. The van der Waals surface area contributed by atoms with Crippen molar-refractivity contribution >= 4 is 11.6 Å². The number of benzene rings is 1. The first-order chi connectivity index (χ1) is 10.2. The van der Waals surface area contributed by atoms with Gasteiger partial charge in [-0.05, 0) is 55.7 Å². The number of aliphatic hydroxyl groups excluding tert-OH is 1. The van der Waals surface area contributed by atoms with Crippen molar-refractivity contribution in [3.63, 3.8) is 0 Å². The number of hydrogen-bond acceptors (Lipinski definition) is 3. The molecule has 3 rings (SSSR count). The molecule has 3 nitrogen and oxygen atoms in total. The number of rotatable bonds is 3. The van der Waals surface area contributed by atoms with Crippen LogP contribution < -0.4 is 0 Å². The highest BCUT2D eigenvalue weighted by Gasteiger charge is 2.40. The molecule has 0 amide bonds. The molecule has 2 atom stereocenters. The molecular formula is C17H23ClO3. The Balaban J connectivity index is 1.62. The molecular weight excluding hydrogens is 288 g/mol. The zero-order chi connectivity index (χ0) is 14.7. The molecule has 0 saturated carbocycles. The van der Waals surface area contributed by atoms with Crippen molar-refractivity contribution in [3.8, 4) is 0 Å². The van der Waals surface area contributed by atoms with Crippen molar-refractivity contribution in [2.24, 2.45) is 5.92 Å². The van der Waals surface area contributed by atoms with Gasteiger partial charge in [0.25, 0.3) is 0 Å². The molecule has 1 aromatic rings. The van der Waals surface area contributed by atoms with Gasteiger partial charge in [0.1, 0.15) is 0 Å². The van der Waals surface area contributed by atoms with Crippen molar-refractivity contribution in [1.82, 2.24) is 0 Å². The summed E-state index contributed by atoms with van der Waals surface area (Å²) >= 11 is 6.02. The molecule has 1 spiro atoms. The van der Waals surface area contributed by atoms with Crippen LogP contribution in [0, 0.1) is 5.92 Å². The fraction of sp³-hybridized carbons (Fsp3) is 0.647. The van der Waals surface area contributed by atoms with E-state index in [0.717, 1.165) is 56.1 Å². The fourth-order valence-electron chi connectivity index (χ4n) is 3.56. The molecule has 2 heterocycles. The Labute approximate surface area is 131 Å². The molecule has 2 aliphatic heterocycles. The van der Waals surface area contributed by atoms with Gasteiger partial charge >= 0.3 is 0 Å². The highest BCUT2D eigenvalue weighted by molar-refractivity contribution is 6.30. The van der Waals surface area contributed by atoms with Gasteiger partial charge in [0.05, 0.1) is 11.7 Å². The summed E-state index contributed by atoms with van der Waals surface area (Å²) in [7, 11) is 0. The van der Waals surface area contributed by atoms with E-state index in [1.54, 1.807) is 0 Å². The van der Waals surface area contributed by atoms with E-state index in [1.165, 1.54) is 0 Å². The first-order valence-electron chi connectivity index (χ1n) is 7.81. The summed E-state index contributed by atoms with van der Waals surface area (Å²) in [5.41, 5.74) is 1.04. The summed E-state index contributed by atoms with van der Waals surface area (Å²) in [6.45, 7) is 2.30. The summed E-state index contributed by atoms with van der Waals surface area (Å²) in [6, 6.07) is 7.77. The Kier molecular flexibility index (Phi) is 4.85. The SMILES string of the molecule is OC(Cc1cccc(Cl)c1)C1CCOC2(CCOCC2)C1. The molecule has 1 N–H and O–H groups in total. The Bertz CT molecular complexity index is 465. The van der Waals surface area contributed by atoms with Crippen molar-refractivity contribution in [2.45, 2.75) is 43.8 Å². The second kappa shape index (κ2) is 6.66. The Hall–Kier alpha value is -0.610. The van der Waals surface area contributed by atoms with Crippen LogP contribution in [0.4, 0.5) is 0 Å². The van der Waals surface area contributed by atoms with Gasteiger partial charge in [0, 0.05) is 24.8 Å². The molecule has 2 unspecified atom stereocenters. The second-order valence-electron chi connectivity index (χ2n) is 6.30. The fourth-order valence-corrected chi connectivity index (χ4v) is 3.77. The highest BCUT2D eigenvalue weighted by atomic mass is 35.5. The van der Waals surface area contributed by atoms with Crippen LogP contribution in [0.5, 0.6) is 0 Å². The van der Waals surface area contributed by atoms with Crippen molar-refractivity contribution in [1.29, 1.82) is 0 Å². The third kappa shape index (κ3) is 3.78. The number of aliphatic hydroxyl groups is 1. The predicted octanol–water partition coefficient (Wildman–Crippen LogP) is 3.22. The molecule has 1 aromatic carbocycles. The van der Waals surface area contributed by atoms with Gasteiger partial charge in [-0.1, -0.05) is 23.7 Å². The predicted molar refractivity (Wildman–Crippen MR) is 82.6 cm³/mol. The monoisotopic (exact) mass is 310 g/mol. The van der Waals surface area contributed by atoms with Crippen molar-refractivity contribution in [2.75, 3.05) is 19.8 Å². The molecule has 0 aliphatic carbocycles. The maximum Gasteiger partial charge on any atom is 0.0730 e. The first-order valence-corrected chi connectivity index (χ1v) is 8.19. The Morgan fingerprint density at radius 2 is 2.10 bits per heavy atom. The largest absolute Gasteiger partial charge is 0.392 e. The van der Waals surface area contributed by atoms with Gasteiger partial charge in [-0.2, -0.15) is 0 Å². The van der Waals surface area contributed by atoms with Gasteiger partial charge < -0.3 is 14.6 Å². The highest BCUT2D eigenvalue weighted by Crippen LogP contribution is 2.38. The molecule has 4 heteroatoms. The molecule has 2 aliphatic rings. The Morgan fingerprint density at radius 1 is 1.29 bits per heavy atom. The van der Waals surface area contributed by atoms with Crippen LogP contribution in [-0.2, 0) is 15.9 Å². The van der Waals surface area contributed by atoms with E-state index in [4.69, 9.17) is 21.1 Å². The van der Waals surface area contributed by atoms with Crippen molar-refractivity contribution < 1.29 is 14.6 Å². The minimum Gasteiger partial charge on any atom is -0.392 e. The zero-order valence-corrected chi connectivity index (χ0v) is 13.0. The maximum atomic E-state index is 10.6. The lowest BCUT2D eigenvalue weighted by atomic mass is 9.77. The van der Waals surface area contributed by atoms with Crippen LogP contribution in [0.15, 0.2) is 24.3 Å². The average Bonchev–Trinajstić information content (AvgIpc) is 2.48. The maximum absolute atomic E-state index is 10.6. The van der Waals surface area contributed by atoms with Crippen molar-refractivity contribution in [3.05, 3.63) is 34.9 Å². The topological polar surface area (TPSA) is 38.7 Å². The molecule has 116 valence electrons. The van der Waals surface area contributed by atoms with E-state index in [0.29, 0.717) is 12.3 Å². The van der Waals surface area contributed by atoms with Gasteiger partial charge in [0.2, 0.25) is 0 Å². The summed E-state index contributed by atoms with van der Waals surface area (Å²) in [5.74, 6) is 0.302. The molecule has 0 aromatic heterocycles. The molecule has 0 bridgehead atoms. The first kappa shape index (κ1) is 15.3. The third-order valence-electron chi connectivity index (χ3n) is 4.81. The number of halogens is 1. The van der Waals surface area contributed by atoms with Crippen LogP contribution in [0.25, 0.3) is 0 Å². The molecule has 0 radical (unpaired) electrons. The normalized spacial score (nSPS) is 26.7. The van der Waals surface area contributed by atoms with Gasteiger partial charge in [-0.15, -0.1) is 0 Å². The quantitative estimate of drug-likeness (QED) is 0.931. The third-order valence-corrected chi connectivity index (χ3v) is 5.05. The van der Waals surface area contributed by atoms with E-state index in [1.807, 2.05) is 24.3 Å². The van der Waals surface area contributed by atoms with Gasteiger partial charge in [0.15, 0.2) is 0 Å². The lowest BCUT2D eigenvalue weighted by Gasteiger charge is -2.44. The van der Waals surface area contributed by atoms with Crippen LogP contribution in [0.3, 0.4) is 0 Å². The summed E-state index contributed by atoms with van der Waals surface area (Å²) in [5, 5.41) is 11.3. The van der Waals surface area contributed by atoms with E-state index in [2.05, 4.69) is 0 Å². The second-order valence-corrected chi connectivity index (χ2v) is 6.73. The van der Waals surface area contributed by atoms with Crippen LogP contribution in [0.2, 0.25) is 5.02 Å². The summed E-state index contributed by atoms with van der Waals surface area (Å²) in [6.07, 6.45) is 4.12. The molecule has 2 saturated heterocycles. The van der Waals surface area contributed by atoms with E-state index < -0.39 is 0 Å². The van der Waals surface area contributed by atoms with E-state index in [-0.39, 0.29) is 11.7 Å². The van der Waals surface area contributed by atoms with Crippen LogP contribution >= 0.6 is 11.6 Å². The summed E-state index contributed by atoms with van der Waals surface area (Å²) < 4.78 is 11.5. The van der Waals surface area contributed by atoms with Crippen LogP contribution in [-0.4, -0.2) is 36.6 Å². The number of hydrogen-bond donors (Lipinski definition) is 1. The molecule has 2 fully saturated rings. The van der Waals surface area contributed by atoms with E-state index >= 15 is 0 Å².